The fourth-order valence-electron chi connectivity index (χ4n) is 0.371. The molecule has 0 aliphatic carbocycles. The van der Waals surface area contributed by atoms with E-state index in [2.05, 4.69) is 6.07 Å². The van der Waals surface area contributed by atoms with Gasteiger partial charge < -0.3 is 0 Å². The highest BCUT2D eigenvalue weighted by Crippen LogP contribution is 2.02. The van der Waals surface area contributed by atoms with Crippen molar-refractivity contribution >= 4 is 36.4 Å². The van der Waals surface area contributed by atoms with Gasteiger partial charge in [-0.15, -0.1) is 24.8 Å². The van der Waals surface area contributed by atoms with Crippen LogP contribution in [0.5, 0.6) is 0 Å². The van der Waals surface area contributed by atoms with Gasteiger partial charge in [-0.25, -0.2) is 0 Å². The van der Waals surface area contributed by atoms with Crippen LogP contribution in [-0.4, -0.2) is 0 Å². The van der Waals surface area contributed by atoms with Crippen LogP contribution < -0.4 is 0 Å². The van der Waals surface area contributed by atoms with Crippen molar-refractivity contribution in [2.75, 3.05) is 0 Å². The van der Waals surface area contributed by atoms with Crippen LogP contribution in [0.1, 0.15) is 0 Å². The van der Waals surface area contributed by atoms with Crippen molar-refractivity contribution in [2.24, 2.45) is 0 Å². The van der Waals surface area contributed by atoms with Crippen LogP contribution in [0, 0.1) is 6.07 Å². The van der Waals surface area contributed by atoms with E-state index in [0.717, 1.165) is 0 Å². The molecular formula is C6H6Cl3. The van der Waals surface area contributed by atoms with Crippen LogP contribution >= 0.6 is 36.4 Å². The first-order chi connectivity index (χ1) is 3.39. The van der Waals surface area contributed by atoms with Gasteiger partial charge in [-0.3, -0.25) is 0 Å². The Labute approximate surface area is 72.0 Å². The van der Waals surface area contributed by atoms with E-state index in [1.165, 1.54) is 0 Å². The van der Waals surface area contributed by atoms with E-state index < -0.39 is 0 Å². The summed E-state index contributed by atoms with van der Waals surface area (Å²) in [6, 6.07) is 10.1. The summed E-state index contributed by atoms with van der Waals surface area (Å²) in [7, 11) is 0. The predicted molar refractivity (Wildman–Crippen MR) is 44.8 cm³/mol. The fraction of sp³-hybridized carbons (Fsp3) is 0. The third-order valence-electron chi connectivity index (χ3n) is 0.671. The average Bonchev–Trinajstić information content (AvgIpc) is 1.69. The Morgan fingerprint density at radius 3 is 2.11 bits per heavy atom. The predicted octanol–water partition coefficient (Wildman–Crippen LogP) is 2.98. The Morgan fingerprint density at radius 1 is 1.22 bits per heavy atom. The number of hydrogen-bond acceptors (Lipinski definition) is 0. The molecule has 0 aliphatic heterocycles. The summed E-state index contributed by atoms with van der Waals surface area (Å²) in [5.41, 5.74) is 0. The third kappa shape index (κ3) is 4.58. The first kappa shape index (κ1) is 11.8. The first-order valence-corrected chi connectivity index (χ1v) is 2.39. The lowest BCUT2D eigenvalue weighted by Gasteiger charge is -1.79. The van der Waals surface area contributed by atoms with Gasteiger partial charge in [0.2, 0.25) is 0 Å². The second-order valence-electron chi connectivity index (χ2n) is 1.21. The molecule has 0 heterocycles. The van der Waals surface area contributed by atoms with Gasteiger partial charge in [-0.2, -0.15) is 0 Å². The minimum Gasteiger partial charge on any atom is -0.147 e. The molecule has 0 amide bonds. The Bertz CT molecular complexity index is 138. The summed E-state index contributed by atoms with van der Waals surface area (Å²) in [6.45, 7) is 0. The lowest BCUT2D eigenvalue weighted by atomic mass is 10.4. The standard InChI is InChI=1S/C6H4Cl.2ClH/c7-6-4-2-1-3-5-6;;/h1-4H;2*1H. The minimum absolute atomic E-state index is 0. The van der Waals surface area contributed by atoms with Gasteiger partial charge in [0.15, 0.2) is 0 Å². The van der Waals surface area contributed by atoms with Crippen molar-refractivity contribution in [3.8, 4) is 0 Å². The molecule has 0 aliphatic rings. The summed E-state index contributed by atoms with van der Waals surface area (Å²) in [5, 5.41) is 0.669. The zero-order valence-electron chi connectivity index (χ0n) is 4.50. The van der Waals surface area contributed by atoms with Gasteiger partial charge in [-0.1, -0.05) is 29.8 Å². The van der Waals surface area contributed by atoms with Crippen LogP contribution in [0.4, 0.5) is 0 Å². The summed E-state index contributed by atoms with van der Waals surface area (Å²) >= 11 is 5.48. The van der Waals surface area contributed by atoms with Crippen molar-refractivity contribution in [1.82, 2.24) is 0 Å². The third-order valence-corrected chi connectivity index (χ3v) is 0.906. The number of halogens is 3. The monoisotopic (exact) mass is 183 g/mol. The van der Waals surface area contributed by atoms with E-state index >= 15 is 0 Å². The summed E-state index contributed by atoms with van der Waals surface area (Å²) in [4.78, 5) is 0. The molecule has 1 aromatic carbocycles. The van der Waals surface area contributed by atoms with Crippen molar-refractivity contribution in [3.63, 3.8) is 0 Å². The number of benzene rings is 1. The van der Waals surface area contributed by atoms with E-state index in [1.807, 2.05) is 12.1 Å². The fourth-order valence-corrected chi connectivity index (χ4v) is 0.507. The first-order valence-electron chi connectivity index (χ1n) is 2.02. The zero-order valence-corrected chi connectivity index (χ0v) is 6.89. The minimum atomic E-state index is 0. The molecule has 0 atom stereocenters. The summed E-state index contributed by atoms with van der Waals surface area (Å²) in [5.74, 6) is 0. The summed E-state index contributed by atoms with van der Waals surface area (Å²) in [6.07, 6.45) is 0. The molecule has 1 aromatic rings. The molecule has 9 heavy (non-hydrogen) atoms. The average molecular weight is 184 g/mol. The molecule has 51 valence electrons. The molecule has 0 saturated carbocycles. The molecule has 0 bridgehead atoms. The zero-order chi connectivity index (χ0) is 5.11. The van der Waals surface area contributed by atoms with Crippen molar-refractivity contribution in [1.29, 1.82) is 0 Å². The molecular weight excluding hydrogens is 178 g/mol. The topological polar surface area (TPSA) is 0 Å². The van der Waals surface area contributed by atoms with Gasteiger partial charge in [0.25, 0.3) is 0 Å². The molecule has 1 radical (unpaired) electrons. The van der Waals surface area contributed by atoms with Gasteiger partial charge in [0, 0.05) is 11.1 Å². The molecule has 1 rings (SSSR count). The molecule has 0 spiro atoms. The molecule has 0 saturated heterocycles. The largest absolute Gasteiger partial charge is 0.147 e. The maximum Gasteiger partial charge on any atom is 0.0484 e. The Hall–Kier alpha value is 0.0900. The van der Waals surface area contributed by atoms with Crippen molar-refractivity contribution in [3.05, 3.63) is 35.4 Å². The number of hydrogen-bond donors (Lipinski definition) is 0. The Balaban J connectivity index is 0. The van der Waals surface area contributed by atoms with Crippen LogP contribution in [0.25, 0.3) is 0 Å². The maximum atomic E-state index is 5.48. The highest BCUT2D eigenvalue weighted by Gasteiger charge is 1.76. The van der Waals surface area contributed by atoms with Gasteiger partial charge in [0.05, 0.1) is 0 Å². The normalized spacial score (nSPS) is 6.78. The molecule has 0 N–H and O–H groups in total. The van der Waals surface area contributed by atoms with Crippen LogP contribution in [-0.2, 0) is 0 Å². The lowest BCUT2D eigenvalue weighted by molar-refractivity contribution is 1.69. The highest BCUT2D eigenvalue weighted by atomic mass is 35.5. The second-order valence-corrected chi connectivity index (χ2v) is 1.62. The van der Waals surface area contributed by atoms with Gasteiger partial charge in [-0.05, 0) is 6.07 Å². The Kier molecular flexibility index (Phi) is 8.17. The molecule has 0 aromatic heterocycles. The van der Waals surface area contributed by atoms with Crippen molar-refractivity contribution < 1.29 is 0 Å². The van der Waals surface area contributed by atoms with Crippen LogP contribution in [0.15, 0.2) is 24.3 Å². The van der Waals surface area contributed by atoms with E-state index in [1.54, 1.807) is 12.1 Å². The van der Waals surface area contributed by atoms with E-state index in [9.17, 15) is 0 Å². The SMILES string of the molecule is Cl.Cl.Clc1[c]cccc1. The quantitative estimate of drug-likeness (QED) is 0.581. The van der Waals surface area contributed by atoms with E-state index in [0.29, 0.717) is 5.02 Å². The van der Waals surface area contributed by atoms with Crippen LogP contribution in [0.3, 0.4) is 0 Å². The lowest BCUT2D eigenvalue weighted by Crippen LogP contribution is -1.56. The summed E-state index contributed by atoms with van der Waals surface area (Å²) < 4.78 is 0. The maximum absolute atomic E-state index is 5.48. The molecule has 0 unspecified atom stereocenters. The number of rotatable bonds is 0. The Morgan fingerprint density at radius 2 is 1.89 bits per heavy atom. The second kappa shape index (κ2) is 6.21. The van der Waals surface area contributed by atoms with Crippen molar-refractivity contribution in [2.45, 2.75) is 0 Å². The molecule has 0 fully saturated rings. The smallest absolute Gasteiger partial charge is 0.0484 e. The van der Waals surface area contributed by atoms with Gasteiger partial charge in [0.1, 0.15) is 0 Å². The van der Waals surface area contributed by atoms with E-state index in [-0.39, 0.29) is 24.8 Å². The highest BCUT2D eigenvalue weighted by molar-refractivity contribution is 6.30. The molecule has 3 heteroatoms. The molecule has 0 nitrogen and oxygen atoms in total. The van der Waals surface area contributed by atoms with Crippen LogP contribution in [0.2, 0.25) is 5.02 Å². The van der Waals surface area contributed by atoms with E-state index in [4.69, 9.17) is 11.6 Å². The van der Waals surface area contributed by atoms with Gasteiger partial charge >= 0.3 is 0 Å².